The number of anilines is 2. The molecule has 20 heavy (non-hydrogen) atoms. The van der Waals surface area contributed by atoms with Gasteiger partial charge in [-0.25, -0.2) is 4.39 Å². The van der Waals surface area contributed by atoms with E-state index >= 15 is 0 Å². The van der Waals surface area contributed by atoms with Crippen LogP contribution in [-0.2, 0) is 4.74 Å². The number of nitrogens with two attached hydrogens (primary N) is 1. The summed E-state index contributed by atoms with van der Waals surface area (Å²) < 4.78 is 47.4. The molecule has 0 bridgehead atoms. The Labute approximate surface area is 115 Å². The third kappa shape index (κ3) is 3.27. The van der Waals surface area contributed by atoms with Gasteiger partial charge in [-0.05, 0) is 12.8 Å². The molecule has 0 atom stereocenters. The highest BCUT2D eigenvalue weighted by molar-refractivity contribution is 5.70. The van der Waals surface area contributed by atoms with Crippen LogP contribution in [0, 0.1) is 5.82 Å². The van der Waals surface area contributed by atoms with Gasteiger partial charge in [-0.2, -0.15) is 8.78 Å². The van der Waals surface area contributed by atoms with Crippen molar-refractivity contribution in [1.29, 1.82) is 0 Å². The first kappa shape index (κ1) is 14.8. The van der Waals surface area contributed by atoms with Crippen LogP contribution in [0.25, 0.3) is 0 Å². The predicted molar refractivity (Wildman–Crippen MR) is 69.7 cm³/mol. The highest BCUT2D eigenvalue weighted by atomic mass is 19.3. The van der Waals surface area contributed by atoms with E-state index < -0.39 is 18.2 Å². The zero-order valence-corrected chi connectivity index (χ0v) is 11.1. The number of halogens is 3. The van der Waals surface area contributed by atoms with Gasteiger partial charge in [0, 0.05) is 32.3 Å². The largest absolute Gasteiger partial charge is 0.432 e. The normalized spacial score (nSPS) is 16.8. The number of alkyl halides is 2. The van der Waals surface area contributed by atoms with Gasteiger partial charge in [-0.3, -0.25) is 0 Å². The quantitative estimate of drug-likeness (QED) is 0.866. The van der Waals surface area contributed by atoms with Gasteiger partial charge in [0.05, 0.1) is 17.5 Å². The van der Waals surface area contributed by atoms with Crippen LogP contribution in [-0.4, -0.2) is 32.9 Å². The maximum Gasteiger partial charge on any atom is 0.387 e. The van der Waals surface area contributed by atoms with E-state index in [4.69, 9.17) is 10.5 Å². The minimum Gasteiger partial charge on any atom is -0.432 e. The van der Waals surface area contributed by atoms with Crippen LogP contribution in [0.4, 0.5) is 24.5 Å². The molecule has 0 aromatic heterocycles. The minimum atomic E-state index is -3.07. The smallest absolute Gasteiger partial charge is 0.387 e. The minimum absolute atomic E-state index is 0.185. The van der Waals surface area contributed by atoms with Crippen molar-refractivity contribution in [3.8, 4) is 5.75 Å². The second-order valence-corrected chi connectivity index (χ2v) is 4.64. The fourth-order valence-corrected chi connectivity index (χ4v) is 2.35. The number of hydrogen-bond acceptors (Lipinski definition) is 4. The van der Waals surface area contributed by atoms with Crippen molar-refractivity contribution in [3.05, 3.63) is 17.9 Å². The molecule has 1 aliphatic heterocycles. The summed E-state index contributed by atoms with van der Waals surface area (Å²) in [4.78, 5) is 1.92. The number of benzene rings is 1. The molecule has 0 radical (unpaired) electrons. The zero-order valence-electron chi connectivity index (χ0n) is 11.1. The van der Waals surface area contributed by atoms with Crippen LogP contribution in [0.2, 0.25) is 0 Å². The van der Waals surface area contributed by atoms with Crippen molar-refractivity contribution >= 4 is 11.4 Å². The molecule has 0 amide bonds. The van der Waals surface area contributed by atoms with E-state index in [-0.39, 0.29) is 11.8 Å². The Morgan fingerprint density at radius 3 is 2.50 bits per heavy atom. The first-order chi connectivity index (χ1) is 9.51. The van der Waals surface area contributed by atoms with Gasteiger partial charge in [0.15, 0.2) is 11.6 Å². The topological polar surface area (TPSA) is 47.7 Å². The van der Waals surface area contributed by atoms with Crippen molar-refractivity contribution in [3.63, 3.8) is 0 Å². The zero-order chi connectivity index (χ0) is 14.7. The summed E-state index contributed by atoms with van der Waals surface area (Å²) >= 11 is 0. The van der Waals surface area contributed by atoms with E-state index in [1.54, 1.807) is 7.11 Å². The summed E-state index contributed by atoms with van der Waals surface area (Å²) in [6.45, 7) is -1.73. The first-order valence-electron chi connectivity index (χ1n) is 6.33. The molecule has 0 spiro atoms. The molecule has 1 saturated heterocycles. The molecule has 1 fully saturated rings. The molecule has 1 aliphatic rings. The Morgan fingerprint density at radius 1 is 1.30 bits per heavy atom. The van der Waals surface area contributed by atoms with E-state index in [0.717, 1.165) is 18.9 Å². The van der Waals surface area contributed by atoms with E-state index in [0.29, 0.717) is 18.8 Å². The Kier molecular flexibility index (Phi) is 4.59. The lowest BCUT2D eigenvalue weighted by atomic mass is 10.1. The lowest BCUT2D eigenvalue weighted by molar-refractivity contribution is -0.0521. The van der Waals surface area contributed by atoms with Crippen molar-refractivity contribution in [2.24, 2.45) is 0 Å². The van der Waals surface area contributed by atoms with Crippen LogP contribution >= 0.6 is 0 Å². The maximum absolute atomic E-state index is 13.5. The van der Waals surface area contributed by atoms with Gasteiger partial charge in [0.2, 0.25) is 0 Å². The standard InChI is InChI=1S/C13H17F3N2O2/c1-19-8-2-4-18(5-3-8)11-7-12(20-13(15)16)9(14)6-10(11)17/h6-8,13H,2-5,17H2,1H3. The van der Waals surface area contributed by atoms with E-state index in [1.807, 2.05) is 4.90 Å². The molecule has 0 unspecified atom stereocenters. The molecule has 2 N–H and O–H groups in total. The number of rotatable bonds is 4. The molecule has 1 aromatic rings. The first-order valence-corrected chi connectivity index (χ1v) is 6.33. The fraction of sp³-hybridized carbons (Fsp3) is 0.538. The molecular formula is C13H17F3N2O2. The van der Waals surface area contributed by atoms with Crippen molar-refractivity contribution < 1.29 is 22.6 Å². The molecule has 0 saturated carbocycles. The van der Waals surface area contributed by atoms with Crippen LogP contribution in [0.3, 0.4) is 0 Å². The molecule has 1 heterocycles. The third-order valence-electron chi connectivity index (χ3n) is 3.41. The van der Waals surface area contributed by atoms with Gasteiger partial charge in [-0.15, -0.1) is 0 Å². The van der Waals surface area contributed by atoms with Gasteiger partial charge in [0.1, 0.15) is 0 Å². The van der Waals surface area contributed by atoms with Gasteiger partial charge >= 0.3 is 6.61 Å². The summed E-state index contributed by atoms with van der Waals surface area (Å²) in [6, 6.07) is 2.24. The maximum atomic E-state index is 13.5. The third-order valence-corrected chi connectivity index (χ3v) is 3.41. The summed E-state index contributed by atoms with van der Waals surface area (Å²) in [6.07, 6.45) is 1.79. The predicted octanol–water partition coefficient (Wildman–Crippen LogP) is 2.62. The second-order valence-electron chi connectivity index (χ2n) is 4.64. The van der Waals surface area contributed by atoms with E-state index in [9.17, 15) is 13.2 Å². The molecule has 0 aliphatic carbocycles. The van der Waals surface area contributed by atoms with Crippen LogP contribution in [0.5, 0.6) is 5.75 Å². The van der Waals surface area contributed by atoms with E-state index in [2.05, 4.69) is 4.74 Å². The molecule has 112 valence electrons. The fourth-order valence-electron chi connectivity index (χ4n) is 2.35. The Balaban J connectivity index is 2.19. The summed E-state index contributed by atoms with van der Waals surface area (Å²) in [5.41, 5.74) is 6.48. The van der Waals surface area contributed by atoms with Crippen molar-refractivity contribution in [2.75, 3.05) is 30.8 Å². The highest BCUT2D eigenvalue weighted by Gasteiger charge is 2.22. The van der Waals surface area contributed by atoms with Crippen LogP contribution in [0.15, 0.2) is 12.1 Å². The van der Waals surface area contributed by atoms with Crippen LogP contribution < -0.4 is 15.4 Å². The molecule has 1 aromatic carbocycles. The summed E-state index contributed by atoms with van der Waals surface area (Å²) in [7, 11) is 1.65. The molecular weight excluding hydrogens is 273 g/mol. The average Bonchev–Trinajstić information content (AvgIpc) is 2.41. The summed E-state index contributed by atoms with van der Waals surface area (Å²) in [5, 5.41) is 0. The number of nitrogens with zero attached hydrogens (tertiary/aromatic N) is 1. The Hall–Kier alpha value is -1.63. The van der Waals surface area contributed by atoms with Gasteiger partial charge in [0.25, 0.3) is 0 Å². The number of ether oxygens (including phenoxy) is 2. The number of nitrogen functional groups attached to an aromatic ring is 1. The van der Waals surface area contributed by atoms with Gasteiger partial charge < -0.3 is 20.1 Å². The summed E-state index contributed by atoms with van der Waals surface area (Å²) in [5.74, 6) is -1.38. The number of methoxy groups -OCH3 is 1. The SMILES string of the molecule is COC1CCN(c2cc(OC(F)F)c(F)cc2N)CC1. The van der Waals surface area contributed by atoms with Crippen molar-refractivity contribution in [1.82, 2.24) is 0 Å². The lowest BCUT2D eigenvalue weighted by Gasteiger charge is -2.33. The monoisotopic (exact) mass is 290 g/mol. The Morgan fingerprint density at radius 2 is 1.95 bits per heavy atom. The number of piperidine rings is 1. The lowest BCUT2D eigenvalue weighted by Crippen LogP contribution is -2.37. The number of hydrogen-bond donors (Lipinski definition) is 1. The van der Waals surface area contributed by atoms with E-state index in [1.165, 1.54) is 6.07 Å². The second kappa shape index (κ2) is 6.21. The average molecular weight is 290 g/mol. The molecule has 7 heteroatoms. The van der Waals surface area contributed by atoms with Crippen molar-refractivity contribution in [2.45, 2.75) is 25.6 Å². The van der Waals surface area contributed by atoms with Crippen LogP contribution in [0.1, 0.15) is 12.8 Å². The molecule has 2 rings (SSSR count). The Bertz CT molecular complexity index is 463. The highest BCUT2D eigenvalue weighted by Crippen LogP contribution is 2.33. The molecule has 4 nitrogen and oxygen atoms in total. The van der Waals surface area contributed by atoms with Gasteiger partial charge in [-0.1, -0.05) is 0 Å².